The summed E-state index contributed by atoms with van der Waals surface area (Å²) < 4.78 is 0. The predicted molar refractivity (Wildman–Crippen MR) is 58.4 cm³/mol. The van der Waals surface area contributed by atoms with E-state index >= 15 is 0 Å². The first-order valence-electron chi connectivity index (χ1n) is 6.13. The van der Waals surface area contributed by atoms with Crippen LogP contribution in [0, 0.1) is 5.92 Å². The monoisotopic (exact) mass is 211 g/mol. The van der Waals surface area contributed by atoms with Gasteiger partial charge in [0.25, 0.3) is 0 Å². The third kappa shape index (κ3) is 2.33. The average Bonchev–Trinajstić information content (AvgIpc) is 2.65. The van der Waals surface area contributed by atoms with Crippen LogP contribution in [0.3, 0.4) is 0 Å². The van der Waals surface area contributed by atoms with E-state index in [1.165, 1.54) is 25.7 Å². The molecule has 1 aliphatic heterocycles. The molecule has 15 heavy (non-hydrogen) atoms. The van der Waals surface area contributed by atoms with Gasteiger partial charge in [0.15, 0.2) is 0 Å². The van der Waals surface area contributed by atoms with Crippen molar-refractivity contribution in [1.82, 2.24) is 4.90 Å². The third-order valence-corrected chi connectivity index (χ3v) is 3.92. The van der Waals surface area contributed by atoms with Gasteiger partial charge in [-0.1, -0.05) is 19.8 Å². The first-order chi connectivity index (χ1) is 7.13. The molecule has 3 heteroatoms. The maximum Gasteiger partial charge on any atom is 0.223 e. The quantitative estimate of drug-likeness (QED) is 0.769. The molecule has 0 aromatic rings. The van der Waals surface area contributed by atoms with Crippen molar-refractivity contribution in [3.05, 3.63) is 0 Å². The van der Waals surface area contributed by atoms with Crippen LogP contribution in [-0.4, -0.2) is 34.6 Å². The second-order valence-electron chi connectivity index (χ2n) is 5.18. The van der Waals surface area contributed by atoms with Gasteiger partial charge in [0.1, 0.15) is 0 Å². The van der Waals surface area contributed by atoms with E-state index in [1.54, 1.807) is 0 Å². The topological polar surface area (TPSA) is 40.5 Å². The van der Waals surface area contributed by atoms with Gasteiger partial charge in [-0.25, -0.2) is 0 Å². The van der Waals surface area contributed by atoms with E-state index in [-0.39, 0.29) is 5.91 Å². The summed E-state index contributed by atoms with van der Waals surface area (Å²) >= 11 is 0. The largest absolute Gasteiger partial charge is 0.386 e. The lowest BCUT2D eigenvalue weighted by molar-refractivity contribution is -0.156. The molecule has 0 bridgehead atoms. The summed E-state index contributed by atoms with van der Waals surface area (Å²) in [5, 5.41) is 9.81. The van der Waals surface area contributed by atoms with Crippen molar-refractivity contribution in [2.45, 2.75) is 51.0 Å². The fourth-order valence-electron chi connectivity index (χ4n) is 2.65. The van der Waals surface area contributed by atoms with Crippen LogP contribution in [0.25, 0.3) is 0 Å². The van der Waals surface area contributed by atoms with Crippen LogP contribution in [0.1, 0.15) is 45.4 Å². The molecule has 1 saturated heterocycles. The SMILES string of the molecule is CCC1(O)CN(C(=O)CC2CCCC2)C1. The summed E-state index contributed by atoms with van der Waals surface area (Å²) in [6.45, 7) is 3.07. The summed E-state index contributed by atoms with van der Waals surface area (Å²) in [6.07, 6.45) is 6.48. The van der Waals surface area contributed by atoms with E-state index < -0.39 is 5.60 Å². The Kier molecular flexibility index (Phi) is 3.01. The smallest absolute Gasteiger partial charge is 0.223 e. The van der Waals surface area contributed by atoms with Gasteiger partial charge in [-0.15, -0.1) is 0 Å². The zero-order valence-corrected chi connectivity index (χ0v) is 9.54. The standard InChI is InChI=1S/C12H21NO2/c1-2-12(15)8-13(9-12)11(14)7-10-5-3-4-6-10/h10,15H,2-9H2,1H3. The molecule has 0 aromatic carbocycles. The average molecular weight is 211 g/mol. The van der Waals surface area contributed by atoms with Crippen molar-refractivity contribution in [3.63, 3.8) is 0 Å². The van der Waals surface area contributed by atoms with E-state index in [4.69, 9.17) is 0 Å². The number of hydrogen-bond acceptors (Lipinski definition) is 2. The van der Waals surface area contributed by atoms with Gasteiger partial charge < -0.3 is 10.0 Å². The van der Waals surface area contributed by atoms with Crippen LogP contribution in [0.15, 0.2) is 0 Å². The number of rotatable bonds is 3. The Bertz CT molecular complexity index is 240. The van der Waals surface area contributed by atoms with Crippen LogP contribution in [0.2, 0.25) is 0 Å². The minimum absolute atomic E-state index is 0.250. The number of aliphatic hydroxyl groups is 1. The van der Waals surface area contributed by atoms with Crippen molar-refractivity contribution in [3.8, 4) is 0 Å². The number of carbonyl (C=O) groups excluding carboxylic acids is 1. The van der Waals surface area contributed by atoms with Crippen LogP contribution >= 0.6 is 0 Å². The number of likely N-dealkylation sites (tertiary alicyclic amines) is 1. The van der Waals surface area contributed by atoms with Crippen LogP contribution in [0.5, 0.6) is 0 Å². The number of nitrogens with zero attached hydrogens (tertiary/aromatic N) is 1. The normalized spacial score (nSPS) is 25.3. The Labute approximate surface area is 91.5 Å². The Morgan fingerprint density at radius 1 is 1.40 bits per heavy atom. The summed E-state index contributed by atoms with van der Waals surface area (Å²) in [7, 11) is 0. The van der Waals surface area contributed by atoms with Gasteiger partial charge in [0, 0.05) is 6.42 Å². The molecule has 1 amide bonds. The fraction of sp³-hybridized carbons (Fsp3) is 0.917. The van der Waals surface area contributed by atoms with E-state index in [9.17, 15) is 9.90 Å². The van der Waals surface area contributed by atoms with Gasteiger partial charge in [-0.05, 0) is 25.2 Å². The second-order valence-corrected chi connectivity index (χ2v) is 5.18. The molecule has 1 heterocycles. The Hall–Kier alpha value is -0.570. The molecular weight excluding hydrogens is 190 g/mol. The molecule has 2 rings (SSSR count). The van der Waals surface area contributed by atoms with Gasteiger partial charge in [0.05, 0.1) is 18.7 Å². The van der Waals surface area contributed by atoms with Crippen molar-refractivity contribution >= 4 is 5.91 Å². The molecule has 0 unspecified atom stereocenters. The zero-order valence-electron chi connectivity index (χ0n) is 9.54. The molecular formula is C12H21NO2. The molecule has 0 aromatic heterocycles. The Balaban J connectivity index is 1.74. The van der Waals surface area contributed by atoms with Gasteiger partial charge >= 0.3 is 0 Å². The number of carbonyl (C=O) groups is 1. The van der Waals surface area contributed by atoms with Gasteiger partial charge in [-0.2, -0.15) is 0 Å². The molecule has 86 valence electrons. The second kappa shape index (κ2) is 4.12. The third-order valence-electron chi connectivity index (χ3n) is 3.92. The molecule has 1 N–H and O–H groups in total. The van der Waals surface area contributed by atoms with Crippen molar-refractivity contribution < 1.29 is 9.90 Å². The van der Waals surface area contributed by atoms with E-state index in [0.717, 1.165) is 6.42 Å². The lowest BCUT2D eigenvalue weighted by Crippen LogP contribution is -2.63. The highest BCUT2D eigenvalue weighted by Crippen LogP contribution is 2.30. The van der Waals surface area contributed by atoms with Crippen LogP contribution in [0.4, 0.5) is 0 Å². The zero-order chi connectivity index (χ0) is 10.9. The summed E-state index contributed by atoms with van der Waals surface area (Å²) in [4.78, 5) is 13.6. The molecule has 2 aliphatic rings. The maximum atomic E-state index is 11.8. The lowest BCUT2D eigenvalue weighted by atomic mass is 9.90. The van der Waals surface area contributed by atoms with Gasteiger partial charge in [-0.3, -0.25) is 4.79 Å². The lowest BCUT2D eigenvalue weighted by Gasteiger charge is -2.46. The van der Waals surface area contributed by atoms with E-state index in [2.05, 4.69) is 0 Å². The summed E-state index contributed by atoms with van der Waals surface area (Å²) in [6, 6.07) is 0. The number of hydrogen-bond donors (Lipinski definition) is 1. The minimum Gasteiger partial charge on any atom is -0.386 e. The predicted octanol–water partition coefficient (Wildman–Crippen LogP) is 1.55. The molecule has 1 aliphatic carbocycles. The maximum absolute atomic E-state index is 11.8. The first-order valence-corrected chi connectivity index (χ1v) is 6.13. The molecule has 0 radical (unpaired) electrons. The summed E-state index contributed by atoms with van der Waals surface area (Å²) in [5.41, 5.74) is -0.578. The van der Waals surface area contributed by atoms with E-state index in [0.29, 0.717) is 25.4 Å². The Morgan fingerprint density at radius 3 is 2.53 bits per heavy atom. The van der Waals surface area contributed by atoms with E-state index in [1.807, 2.05) is 11.8 Å². The molecule has 0 atom stereocenters. The number of amides is 1. The molecule has 3 nitrogen and oxygen atoms in total. The highest BCUT2D eigenvalue weighted by Gasteiger charge is 2.42. The van der Waals surface area contributed by atoms with Gasteiger partial charge in [0.2, 0.25) is 5.91 Å². The molecule has 0 spiro atoms. The highest BCUT2D eigenvalue weighted by molar-refractivity contribution is 5.77. The summed E-state index contributed by atoms with van der Waals surface area (Å²) in [5.74, 6) is 0.868. The van der Waals surface area contributed by atoms with Crippen molar-refractivity contribution in [2.75, 3.05) is 13.1 Å². The molecule has 1 saturated carbocycles. The molecule has 2 fully saturated rings. The number of β-amino-alcohol motifs (C(OH)–C–C–N with tert-alkyl or cyclic N) is 1. The minimum atomic E-state index is -0.578. The Morgan fingerprint density at radius 2 is 2.00 bits per heavy atom. The fourth-order valence-corrected chi connectivity index (χ4v) is 2.65. The first kappa shape index (κ1) is 10.9. The highest BCUT2D eigenvalue weighted by atomic mass is 16.3. The van der Waals surface area contributed by atoms with Crippen LogP contribution in [-0.2, 0) is 4.79 Å². The van der Waals surface area contributed by atoms with Crippen LogP contribution < -0.4 is 0 Å². The van der Waals surface area contributed by atoms with Crippen molar-refractivity contribution in [1.29, 1.82) is 0 Å². The van der Waals surface area contributed by atoms with Crippen molar-refractivity contribution in [2.24, 2.45) is 5.92 Å².